The van der Waals surface area contributed by atoms with Gasteiger partial charge in [-0.1, -0.05) is 29.8 Å². The highest BCUT2D eigenvalue weighted by Crippen LogP contribution is 2.21. The summed E-state index contributed by atoms with van der Waals surface area (Å²) in [6.45, 7) is 1.96. The molecule has 0 bridgehead atoms. The SMILES string of the molecule is CC(NC(N)=S)c1ccccc1Cl. The quantitative estimate of drug-likeness (QED) is 0.742. The minimum atomic E-state index is 0.0474. The van der Waals surface area contributed by atoms with Gasteiger partial charge in [0.05, 0.1) is 6.04 Å². The van der Waals surface area contributed by atoms with E-state index in [9.17, 15) is 0 Å². The van der Waals surface area contributed by atoms with Crippen LogP contribution in [0.5, 0.6) is 0 Å². The molecule has 0 aliphatic rings. The van der Waals surface area contributed by atoms with Gasteiger partial charge in [0.1, 0.15) is 0 Å². The first kappa shape index (κ1) is 10.3. The Hall–Kier alpha value is -0.800. The van der Waals surface area contributed by atoms with Crippen molar-refractivity contribution in [2.45, 2.75) is 13.0 Å². The van der Waals surface area contributed by atoms with E-state index in [0.717, 1.165) is 10.6 Å². The van der Waals surface area contributed by atoms with Crippen molar-refractivity contribution in [3.8, 4) is 0 Å². The standard InChI is InChI=1S/C9H11ClN2S/c1-6(12-9(11)13)7-4-2-3-5-8(7)10/h2-6H,1H3,(H3,11,12,13). The number of thiocarbonyl (C=S) groups is 1. The Kier molecular flexibility index (Phi) is 3.51. The van der Waals surface area contributed by atoms with E-state index in [1.54, 1.807) is 0 Å². The maximum absolute atomic E-state index is 5.98. The summed E-state index contributed by atoms with van der Waals surface area (Å²) < 4.78 is 0. The predicted molar refractivity (Wildman–Crippen MR) is 59.8 cm³/mol. The Morgan fingerprint density at radius 3 is 2.69 bits per heavy atom. The molecule has 70 valence electrons. The van der Waals surface area contributed by atoms with Crippen LogP contribution in [0.4, 0.5) is 0 Å². The van der Waals surface area contributed by atoms with Crippen LogP contribution in [0.3, 0.4) is 0 Å². The van der Waals surface area contributed by atoms with E-state index in [1.165, 1.54) is 0 Å². The highest BCUT2D eigenvalue weighted by atomic mass is 35.5. The molecule has 13 heavy (non-hydrogen) atoms. The molecule has 0 aliphatic heterocycles. The minimum absolute atomic E-state index is 0.0474. The first-order valence-corrected chi connectivity index (χ1v) is 4.70. The Morgan fingerprint density at radius 1 is 1.54 bits per heavy atom. The van der Waals surface area contributed by atoms with Gasteiger partial charge >= 0.3 is 0 Å². The highest BCUT2D eigenvalue weighted by Gasteiger charge is 2.07. The van der Waals surface area contributed by atoms with Crippen molar-refractivity contribution in [2.75, 3.05) is 0 Å². The zero-order valence-electron chi connectivity index (χ0n) is 7.25. The zero-order valence-corrected chi connectivity index (χ0v) is 8.82. The van der Waals surface area contributed by atoms with E-state index in [1.807, 2.05) is 31.2 Å². The van der Waals surface area contributed by atoms with Crippen molar-refractivity contribution >= 4 is 28.9 Å². The van der Waals surface area contributed by atoms with Crippen LogP contribution in [0.2, 0.25) is 5.02 Å². The van der Waals surface area contributed by atoms with Crippen molar-refractivity contribution in [1.29, 1.82) is 0 Å². The van der Waals surface area contributed by atoms with E-state index < -0.39 is 0 Å². The third-order valence-electron chi connectivity index (χ3n) is 1.73. The third-order valence-corrected chi connectivity index (χ3v) is 2.19. The number of benzene rings is 1. The summed E-state index contributed by atoms with van der Waals surface area (Å²) >= 11 is 10.7. The van der Waals surface area contributed by atoms with Crippen LogP contribution < -0.4 is 11.1 Å². The molecule has 0 amide bonds. The van der Waals surface area contributed by atoms with Crippen LogP contribution in [0.15, 0.2) is 24.3 Å². The summed E-state index contributed by atoms with van der Waals surface area (Å²) in [7, 11) is 0. The summed E-state index contributed by atoms with van der Waals surface area (Å²) in [5, 5.41) is 3.93. The third kappa shape index (κ3) is 2.86. The van der Waals surface area contributed by atoms with Crippen LogP contribution in [-0.4, -0.2) is 5.11 Å². The van der Waals surface area contributed by atoms with Crippen molar-refractivity contribution in [3.05, 3.63) is 34.9 Å². The zero-order chi connectivity index (χ0) is 9.84. The van der Waals surface area contributed by atoms with Gasteiger partial charge < -0.3 is 11.1 Å². The summed E-state index contributed by atoms with van der Waals surface area (Å²) in [5.41, 5.74) is 6.36. The molecule has 0 heterocycles. The molecular weight excluding hydrogens is 204 g/mol. The van der Waals surface area contributed by atoms with Crippen molar-refractivity contribution < 1.29 is 0 Å². The lowest BCUT2D eigenvalue weighted by Crippen LogP contribution is -2.31. The van der Waals surface area contributed by atoms with Gasteiger partial charge in [-0.05, 0) is 30.8 Å². The van der Waals surface area contributed by atoms with Gasteiger partial charge in [0.15, 0.2) is 5.11 Å². The van der Waals surface area contributed by atoms with E-state index >= 15 is 0 Å². The second kappa shape index (κ2) is 4.44. The van der Waals surface area contributed by atoms with Crippen molar-refractivity contribution in [3.63, 3.8) is 0 Å². The van der Waals surface area contributed by atoms with Gasteiger partial charge in [-0.25, -0.2) is 0 Å². The smallest absolute Gasteiger partial charge is 0.164 e. The number of halogens is 1. The number of nitrogens with two attached hydrogens (primary N) is 1. The summed E-state index contributed by atoms with van der Waals surface area (Å²) in [4.78, 5) is 0. The van der Waals surface area contributed by atoms with E-state index in [0.29, 0.717) is 0 Å². The Morgan fingerprint density at radius 2 is 2.15 bits per heavy atom. The van der Waals surface area contributed by atoms with E-state index in [2.05, 4.69) is 5.32 Å². The minimum Gasteiger partial charge on any atom is -0.376 e. The molecule has 1 rings (SSSR count). The Balaban J connectivity index is 2.82. The Bertz CT molecular complexity index is 314. The van der Waals surface area contributed by atoms with Gasteiger partial charge in [-0.3, -0.25) is 0 Å². The van der Waals surface area contributed by atoms with E-state index in [-0.39, 0.29) is 11.2 Å². The molecule has 0 spiro atoms. The van der Waals surface area contributed by atoms with Gasteiger partial charge in [0.2, 0.25) is 0 Å². The van der Waals surface area contributed by atoms with E-state index in [4.69, 9.17) is 29.6 Å². The Labute approximate surface area is 88.1 Å². The topological polar surface area (TPSA) is 38.0 Å². The van der Waals surface area contributed by atoms with Crippen LogP contribution >= 0.6 is 23.8 Å². The average molecular weight is 215 g/mol. The molecule has 4 heteroatoms. The summed E-state index contributed by atoms with van der Waals surface area (Å²) in [5.74, 6) is 0. The maximum atomic E-state index is 5.98. The summed E-state index contributed by atoms with van der Waals surface area (Å²) in [6, 6.07) is 7.65. The van der Waals surface area contributed by atoms with Crippen molar-refractivity contribution in [2.24, 2.45) is 5.73 Å². The number of nitrogens with one attached hydrogen (secondary N) is 1. The molecule has 1 unspecified atom stereocenters. The molecule has 0 aromatic heterocycles. The van der Waals surface area contributed by atoms with Crippen molar-refractivity contribution in [1.82, 2.24) is 5.32 Å². The molecule has 2 nitrogen and oxygen atoms in total. The highest BCUT2D eigenvalue weighted by molar-refractivity contribution is 7.80. The van der Waals surface area contributed by atoms with Gasteiger partial charge in [-0.15, -0.1) is 0 Å². The molecular formula is C9H11ClN2S. The fourth-order valence-electron chi connectivity index (χ4n) is 1.12. The maximum Gasteiger partial charge on any atom is 0.164 e. The summed E-state index contributed by atoms with van der Waals surface area (Å²) in [6.07, 6.45) is 0. The molecule has 0 fully saturated rings. The van der Waals surface area contributed by atoms with Crippen LogP contribution in [0, 0.1) is 0 Å². The van der Waals surface area contributed by atoms with Crippen LogP contribution in [0.25, 0.3) is 0 Å². The lowest BCUT2D eigenvalue weighted by Gasteiger charge is -2.14. The molecule has 1 aromatic rings. The van der Waals surface area contributed by atoms with Gasteiger partial charge in [0, 0.05) is 5.02 Å². The lowest BCUT2D eigenvalue weighted by molar-refractivity contribution is 0.720. The lowest BCUT2D eigenvalue weighted by atomic mass is 10.1. The number of hydrogen-bond donors (Lipinski definition) is 2. The molecule has 0 aliphatic carbocycles. The first-order chi connectivity index (χ1) is 6.11. The second-order valence-corrected chi connectivity index (χ2v) is 3.60. The molecule has 1 aromatic carbocycles. The van der Waals surface area contributed by atoms with Crippen LogP contribution in [-0.2, 0) is 0 Å². The first-order valence-electron chi connectivity index (χ1n) is 3.91. The number of rotatable bonds is 2. The predicted octanol–water partition coefficient (Wildman–Crippen LogP) is 2.23. The molecule has 3 N–H and O–H groups in total. The van der Waals surface area contributed by atoms with Gasteiger partial charge in [0.25, 0.3) is 0 Å². The van der Waals surface area contributed by atoms with Gasteiger partial charge in [-0.2, -0.15) is 0 Å². The average Bonchev–Trinajstić information content (AvgIpc) is 2.03. The number of hydrogen-bond acceptors (Lipinski definition) is 1. The normalized spacial score (nSPS) is 12.2. The molecule has 0 radical (unpaired) electrons. The second-order valence-electron chi connectivity index (χ2n) is 2.75. The largest absolute Gasteiger partial charge is 0.376 e. The molecule has 0 saturated heterocycles. The molecule has 0 saturated carbocycles. The fourth-order valence-corrected chi connectivity index (χ4v) is 1.59. The molecule has 1 atom stereocenters. The monoisotopic (exact) mass is 214 g/mol. The fraction of sp³-hybridized carbons (Fsp3) is 0.222. The van der Waals surface area contributed by atoms with Crippen LogP contribution in [0.1, 0.15) is 18.5 Å².